The predicted octanol–water partition coefficient (Wildman–Crippen LogP) is 3.22. The second kappa shape index (κ2) is 6.07. The number of halogens is 1. The average molecular weight is 295 g/mol. The summed E-state index contributed by atoms with van der Waals surface area (Å²) in [5, 5.41) is 13.0. The quantitative estimate of drug-likeness (QED) is 0.917. The van der Waals surface area contributed by atoms with Crippen LogP contribution in [0.15, 0.2) is 34.9 Å². The molecule has 106 valence electrons. The van der Waals surface area contributed by atoms with Crippen LogP contribution in [0, 0.1) is 0 Å². The Kier molecular flexibility index (Phi) is 4.42. The molecule has 1 N–H and O–H groups in total. The molecule has 1 aromatic carbocycles. The fourth-order valence-corrected chi connectivity index (χ4v) is 2.09. The molecule has 0 bridgehead atoms. The summed E-state index contributed by atoms with van der Waals surface area (Å²) >= 11 is 5.98. The van der Waals surface area contributed by atoms with Gasteiger partial charge in [-0.3, -0.25) is 4.90 Å². The van der Waals surface area contributed by atoms with Gasteiger partial charge in [0.15, 0.2) is 11.5 Å². The monoisotopic (exact) mass is 294 g/mol. The van der Waals surface area contributed by atoms with Crippen molar-refractivity contribution < 1.29 is 14.4 Å². The molecule has 2 rings (SSSR count). The summed E-state index contributed by atoms with van der Waals surface area (Å²) in [5.74, 6) is -0.579. The van der Waals surface area contributed by atoms with Crippen LogP contribution < -0.4 is 0 Å². The highest BCUT2D eigenvalue weighted by Crippen LogP contribution is 2.23. The lowest BCUT2D eigenvalue weighted by molar-refractivity contribution is 0.0685. The Balaban J connectivity index is 2.07. The van der Waals surface area contributed by atoms with Crippen LogP contribution in [0.3, 0.4) is 0 Å². The van der Waals surface area contributed by atoms with Crippen LogP contribution in [-0.4, -0.2) is 28.2 Å². The molecule has 0 saturated carbocycles. The van der Waals surface area contributed by atoms with Gasteiger partial charge in [-0.1, -0.05) is 28.9 Å². The summed E-state index contributed by atoms with van der Waals surface area (Å²) in [6.45, 7) is 2.51. The number of carbonyl (C=O) groups is 1. The molecule has 2 aromatic rings. The molecule has 1 atom stereocenters. The van der Waals surface area contributed by atoms with Crippen molar-refractivity contribution in [2.75, 3.05) is 7.05 Å². The van der Waals surface area contributed by atoms with E-state index in [4.69, 9.17) is 21.2 Å². The van der Waals surface area contributed by atoms with Gasteiger partial charge in [0.25, 0.3) is 0 Å². The maximum Gasteiger partial charge on any atom is 0.358 e. The van der Waals surface area contributed by atoms with Gasteiger partial charge in [0.1, 0.15) is 0 Å². The van der Waals surface area contributed by atoms with Crippen LogP contribution >= 0.6 is 11.6 Å². The summed E-state index contributed by atoms with van der Waals surface area (Å²) in [7, 11) is 1.93. The molecule has 5 nitrogen and oxygen atoms in total. The van der Waals surface area contributed by atoms with Crippen molar-refractivity contribution in [3.05, 3.63) is 52.4 Å². The maximum atomic E-state index is 10.7. The topological polar surface area (TPSA) is 66.6 Å². The standard InChI is InChI=1S/C14H15ClN2O3/c1-9(10-4-3-5-11(15)6-10)17(2)8-12-7-13(14(18)19)16-20-12/h3-7,9H,8H2,1-2H3,(H,18,19). The Morgan fingerprint density at radius 3 is 2.85 bits per heavy atom. The molecule has 20 heavy (non-hydrogen) atoms. The number of hydrogen-bond donors (Lipinski definition) is 1. The van der Waals surface area contributed by atoms with E-state index in [1.165, 1.54) is 6.07 Å². The van der Waals surface area contributed by atoms with Crippen molar-refractivity contribution in [1.82, 2.24) is 10.1 Å². The third-order valence-electron chi connectivity index (χ3n) is 3.18. The summed E-state index contributed by atoms with van der Waals surface area (Å²) in [4.78, 5) is 12.8. The highest BCUT2D eigenvalue weighted by Gasteiger charge is 2.16. The molecule has 0 amide bonds. The summed E-state index contributed by atoms with van der Waals surface area (Å²) in [6.07, 6.45) is 0. The number of carboxylic acids is 1. The second-order valence-corrected chi connectivity index (χ2v) is 5.07. The van der Waals surface area contributed by atoms with Crippen molar-refractivity contribution in [2.24, 2.45) is 0 Å². The molecule has 1 aromatic heterocycles. The normalized spacial score (nSPS) is 12.6. The van der Waals surface area contributed by atoms with Gasteiger partial charge in [-0.25, -0.2) is 4.79 Å². The van der Waals surface area contributed by atoms with E-state index in [-0.39, 0.29) is 11.7 Å². The highest BCUT2D eigenvalue weighted by molar-refractivity contribution is 6.30. The molecule has 0 spiro atoms. The fourth-order valence-electron chi connectivity index (χ4n) is 1.89. The number of aromatic nitrogens is 1. The fraction of sp³-hybridized carbons (Fsp3) is 0.286. The Bertz CT molecular complexity index is 612. The van der Waals surface area contributed by atoms with Crippen molar-refractivity contribution in [1.29, 1.82) is 0 Å². The van der Waals surface area contributed by atoms with Gasteiger partial charge >= 0.3 is 5.97 Å². The first kappa shape index (κ1) is 14.6. The number of nitrogens with zero attached hydrogens (tertiary/aromatic N) is 2. The van der Waals surface area contributed by atoms with Gasteiger partial charge in [-0.2, -0.15) is 0 Å². The second-order valence-electron chi connectivity index (χ2n) is 4.63. The molecule has 0 aliphatic carbocycles. The van der Waals surface area contributed by atoms with Crippen molar-refractivity contribution in [2.45, 2.75) is 19.5 Å². The minimum absolute atomic E-state index is 0.0798. The predicted molar refractivity (Wildman–Crippen MR) is 74.8 cm³/mol. The summed E-state index contributed by atoms with van der Waals surface area (Å²) in [5.41, 5.74) is 1.00. The smallest absolute Gasteiger partial charge is 0.358 e. The number of aromatic carboxylic acids is 1. The Morgan fingerprint density at radius 2 is 2.25 bits per heavy atom. The molecule has 0 aliphatic heterocycles. The van der Waals surface area contributed by atoms with Gasteiger partial charge in [0.2, 0.25) is 0 Å². The van der Waals surface area contributed by atoms with E-state index >= 15 is 0 Å². The van der Waals surface area contributed by atoms with E-state index in [0.717, 1.165) is 5.56 Å². The molecule has 1 heterocycles. The van der Waals surface area contributed by atoms with Crippen LogP contribution in [-0.2, 0) is 6.54 Å². The molecule has 0 saturated heterocycles. The lowest BCUT2D eigenvalue weighted by Crippen LogP contribution is -2.21. The SMILES string of the molecule is CC(c1cccc(Cl)c1)N(C)Cc1cc(C(=O)O)no1. The third kappa shape index (κ3) is 3.37. The molecular formula is C14H15ClN2O3. The molecule has 6 heteroatoms. The number of hydrogen-bond acceptors (Lipinski definition) is 4. The van der Waals surface area contributed by atoms with Crippen LogP contribution in [0.4, 0.5) is 0 Å². The van der Waals surface area contributed by atoms with Gasteiger partial charge in [-0.15, -0.1) is 0 Å². The highest BCUT2D eigenvalue weighted by atomic mass is 35.5. The molecule has 0 radical (unpaired) electrons. The third-order valence-corrected chi connectivity index (χ3v) is 3.41. The molecule has 1 unspecified atom stereocenters. The van der Waals surface area contributed by atoms with Crippen molar-refractivity contribution >= 4 is 17.6 Å². The van der Waals surface area contributed by atoms with E-state index in [2.05, 4.69) is 5.16 Å². The zero-order valence-corrected chi connectivity index (χ0v) is 12.0. The largest absolute Gasteiger partial charge is 0.476 e. The molecule has 0 fully saturated rings. The lowest BCUT2D eigenvalue weighted by atomic mass is 10.1. The number of carboxylic acid groups (broad SMARTS) is 1. The van der Waals surface area contributed by atoms with E-state index in [0.29, 0.717) is 17.3 Å². The minimum Gasteiger partial charge on any atom is -0.476 e. The van der Waals surface area contributed by atoms with Crippen molar-refractivity contribution in [3.8, 4) is 0 Å². The molecule has 0 aliphatic rings. The van der Waals surface area contributed by atoms with E-state index < -0.39 is 5.97 Å². The van der Waals surface area contributed by atoms with Crippen molar-refractivity contribution in [3.63, 3.8) is 0 Å². The first-order valence-electron chi connectivity index (χ1n) is 6.12. The van der Waals surface area contributed by atoms with Crippen LogP contribution in [0.5, 0.6) is 0 Å². The van der Waals surface area contributed by atoms with Crippen LogP contribution in [0.1, 0.15) is 34.8 Å². The lowest BCUT2D eigenvalue weighted by Gasteiger charge is -2.23. The van der Waals surface area contributed by atoms with Crippen LogP contribution in [0.2, 0.25) is 5.02 Å². The Hall–Kier alpha value is -1.85. The van der Waals surface area contributed by atoms with E-state index in [9.17, 15) is 4.79 Å². The zero-order valence-electron chi connectivity index (χ0n) is 11.2. The minimum atomic E-state index is -1.09. The Morgan fingerprint density at radius 1 is 1.50 bits per heavy atom. The first-order chi connectivity index (χ1) is 9.47. The van der Waals surface area contributed by atoms with Crippen LogP contribution in [0.25, 0.3) is 0 Å². The zero-order chi connectivity index (χ0) is 14.7. The number of benzene rings is 1. The first-order valence-corrected chi connectivity index (χ1v) is 6.49. The molecular weight excluding hydrogens is 280 g/mol. The van der Waals surface area contributed by atoms with Gasteiger partial charge in [0, 0.05) is 17.1 Å². The van der Waals surface area contributed by atoms with E-state index in [1.807, 2.05) is 43.1 Å². The van der Waals surface area contributed by atoms with Gasteiger partial charge < -0.3 is 9.63 Å². The van der Waals surface area contributed by atoms with Gasteiger partial charge in [0.05, 0.1) is 6.54 Å². The maximum absolute atomic E-state index is 10.7. The van der Waals surface area contributed by atoms with Gasteiger partial charge in [-0.05, 0) is 31.7 Å². The van der Waals surface area contributed by atoms with E-state index in [1.54, 1.807) is 0 Å². The number of rotatable bonds is 5. The summed E-state index contributed by atoms with van der Waals surface area (Å²) < 4.78 is 5.01. The Labute approximate surface area is 121 Å². The summed E-state index contributed by atoms with van der Waals surface area (Å²) in [6, 6.07) is 9.18. The average Bonchev–Trinajstić information content (AvgIpc) is 2.86.